The average molecular weight is 387 g/mol. The second-order valence-electron chi connectivity index (χ2n) is 8.13. The average Bonchev–Trinajstić information content (AvgIpc) is 3.39. The normalized spacial score (nSPS) is 21.9. The van der Waals surface area contributed by atoms with E-state index >= 15 is 0 Å². The van der Waals surface area contributed by atoms with Crippen molar-refractivity contribution < 1.29 is 9.90 Å². The van der Waals surface area contributed by atoms with Crippen LogP contribution < -0.4 is 5.32 Å². The quantitative estimate of drug-likeness (QED) is 0.843. The molecule has 1 saturated carbocycles. The van der Waals surface area contributed by atoms with E-state index in [0.29, 0.717) is 18.9 Å². The number of carbonyl (C=O) groups is 1. The van der Waals surface area contributed by atoms with Crippen molar-refractivity contribution in [2.75, 3.05) is 6.54 Å². The SMILES string of the molecule is O=C1C(Cc2ccc(O)cc2)NC2=C(C3CCCC3)N=C(c3ccccc3)CN12. The number of hydrogen-bond acceptors (Lipinski definition) is 4. The summed E-state index contributed by atoms with van der Waals surface area (Å²) >= 11 is 0. The van der Waals surface area contributed by atoms with Gasteiger partial charge in [-0.2, -0.15) is 0 Å². The number of benzene rings is 2. The third kappa shape index (κ3) is 3.41. The van der Waals surface area contributed by atoms with Crippen LogP contribution in [0.5, 0.6) is 5.75 Å². The number of nitrogens with zero attached hydrogens (tertiary/aromatic N) is 2. The zero-order valence-corrected chi connectivity index (χ0v) is 16.3. The Kier molecular flexibility index (Phi) is 4.58. The van der Waals surface area contributed by atoms with Gasteiger partial charge in [-0.05, 0) is 36.1 Å². The van der Waals surface area contributed by atoms with Crippen LogP contribution in [-0.4, -0.2) is 34.2 Å². The van der Waals surface area contributed by atoms with Crippen LogP contribution in [0.4, 0.5) is 0 Å². The molecule has 2 N–H and O–H groups in total. The minimum Gasteiger partial charge on any atom is -0.508 e. The Hall–Kier alpha value is -3.08. The summed E-state index contributed by atoms with van der Waals surface area (Å²) in [6.07, 6.45) is 5.32. The van der Waals surface area contributed by atoms with E-state index in [0.717, 1.165) is 41.2 Å². The van der Waals surface area contributed by atoms with E-state index in [1.54, 1.807) is 12.1 Å². The van der Waals surface area contributed by atoms with E-state index in [4.69, 9.17) is 4.99 Å². The van der Waals surface area contributed by atoms with Crippen LogP contribution in [0.25, 0.3) is 0 Å². The first kappa shape index (κ1) is 18.0. The third-order valence-corrected chi connectivity index (χ3v) is 6.18. The van der Waals surface area contributed by atoms with Crippen molar-refractivity contribution in [3.8, 4) is 5.75 Å². The Labute approximate surface area is 170 Å². The predicted molar refractivity (Wildman–Crippen MR) is 112 cm³/mol. The molecule has 1 atom stereocenters. The van der Waals surface area contributed by atoms with Crippen molar-refractivity contribution in [1.82, 2.24) is 10.2 Å². The molecule has 1 aliphatic carbocycles. The Morgan fingerprint density at radius 3 is 2.48 bits per heavy atom. The molecular weight excluding hydrogens is 362 g/mol. The summed E-state index contributed by atoms with van der Waals surface area (Å²) in [7, 11) is 0. The van der Waals surface area contributed by atoms with Gasteiger partial charge in [0.15, 0.2) is 0 Å². The van der Waals surface area contributed by atoms with Crippen molar-refractivity contribution in [2.45, 2.75) is 38.1 Å². The van der Waals surface area contributed by atoms with E-state index in [1.807, 2.05) is 35.2 Å². The lowest BCUT2D eigenvalue weighted by molar-refractivity contribution is -0.127. The van der Waals surface area contributed by atoms with Gasteiger partial charge in [0.2, 0.25) is 0 Å². The molecule has 5 heteroatoms. The molecule has 1 unspecified atom stereocenters. The van der Waals surface area contributed by atoms with Crippen molar-refractivity contribution in [2.24, 2.45) is 10.9 Å². The molecule has 2 aromatic rings. The van der Waals surface area contributed by atoms with Gasteiger partial charge in [0.05, 0.1) is 18.0 Å². The van der Waals surface area contributed by atoms with Crippen LogP contribution in [-0.2, 0) is 11.2 Å². The van der Waals surface area contributed by atoms with Crippen molar-refractivity contribution >= 4 is 11.6 Å². The molecule has 3 aliphatic rings. The number of fused-ring (bicyclic) bond motifs is 1. The minimum absolute atomic E-state index is 0.104. The van der Waals surface area contributed by atoms with Crippen LogP contribution in [0.3, 0.4) is 0 Å². The molecule has 2 aromatic carbocycles. The molecule has 0 spiro atoms. The van der Waals surface area contributed by atoms with Gasteiger partial charge in [-0.3, -0.25) is 14.7 Å². The highest BCUT2D eigenvalue weighted by Gasteiger charge is 2.41. The number of phenols is 1. The van der Waals surface area contributed by atoms with Crippen molar-refractivity contribution in [3.63, 3.8) is 0 Å². The van der Waals surface area contributed by atoms with E-state index < -0.39 is 0 Å². The van der Waals surface area contributed by atoms with Crippen LogP contribution in [0.15, 0.2) is 71.1 Å². The summed E-state index contributed by atoms with van der Waals surface area (Å²) in [5, 5.41) is 13.0. The number of aliphatic imine (C=N–C) groups is 1. The van der Waals surface area contributed by atoms with Crippen LogP contribution in [0, 0.1) is 5.92 Å². The van der Waals surface area contributed by atoms with Gasteiger partial charge < -0.3 is 10.4 Å². The molecule has 0 bridgehead atoms. The number of aromatic hydroxyl groups is 1. The Balaban J connectivity index is 1.47. The highest BCUT2D eigenvalue weighted by Crippen LogP contribution is 2.37. The molecule has 1 amide bonds. The van der Waals surface area contributed by atoms with Crippen LogP contribution >= 0.6 is 0 Å². The molecule has 5 rings (SSSR count). The Bertz CT molecular complexity index is 973. The zero-order chi connectivity index (χ0) is 19.8. The second kappa shape index (κ2) is 7.39. The van der Waals surface area contributed by atoms with E-state index in [9.17, 15) is 9.90 Å². The third-order valence-electron chi connectivity index (χ3n) is 6.18. The van der Waals surface area contributed by atoms with Gasteiger partial charge in [-0.15, -0.1) is 0 Å². The monoisotopic (exact) mass is 387 g/mol. The first-order valence-electron chi connectivity index (χ1n) is 10.4. The zero-order valence-electron chi connectivity index (χ0n) is 16.3. The largest absolute Gasteiger partial charge is 0.508 e. The number of hydrogen-bond donors (Lipinski definition) is 2. The number of nitrogens with one attached hydrogen (secondary N) is 1. The maximum Gasteiger partial charge on any atom is 0.251 e. The van der Waals surface area contributed by atoms with E-state index in [-0.39, 0.29) is 17.7 Å². The standard InChI is InChI=1S/C24H25N3O2/c28-19-12-10-16(11-13-19)14-20-24(29)27-15-21(17-6-2-1-3-7-17)25-22(23(27)26-20)18-8-4-5-9-18/h1-3,6-7,10-13,18,20,26,28H,4-5,8-9,14-15H2. The molecule has 0 aromatic heterocycles. The fourth-order valence-electron chi connectivity index (χ4n) is 4.63. The number of carbonyl (C=O) groups excluding carboxylic acids is 1. The number of amides is 1. The molecule has 0 radical (unpaired) electrons. The van der Waals surface area contributed by atoms with Gasteiger partial charge in [-0.1, -0.05) is 55.3 Å². The lowest BCUT2D eigenvalue weighted by Crippen LogP contribution is -2.37. The highest BCUT2D eigenvalue weighted by molar-refractivity contribution is 6.06. The summed E-state index contributed by atoms with van der Waals surface area (Å²) in [6.45, 7) is 0.507. The first-order valence-corrected chi connectivity index (χ1v) is 10.4. The summed E-state index contributed by atoms with van der Waals surface area (Å²) in [6, 6.07) is 17.0. The van der Waals surface area contributed by atoms with Crippen LogP contribution in [0.2, 0.25) is 0 Å². The molecular formula is C24H25N3O2. The fraction of sp³-hybridized carbons (Fsp3) is 0.333. The maximum absolute atomic E-state index is 13.3. The maximum atomic E-state index is 13.3. The molecule has 2 fully saturated rings. The Morgan fingerprint density at radius 2 is 1.76 bits per heavy atom. The lowest BCUT2D eigenvalue weighted by Gasteiger charge is -2.27. The Morgan fingerprint density at radius 1 is 1.03 bits per heavy atom. The van der Waals surface area contributed by atoms with Gasteiger partial charge in [0.25, 0.3) is 5.91 Å². The predicted octanol–water partition coefficient (Wildman–Crippen LogP) is 3.60. The molecule has 1 saturated heterocycles. The minimum atomic E-state index is -0.295. The van der Waals surface area contributed by atoms with Gasteiger partial charge in [0, 0.05) is 12.3 Å². The topological polar surface area (TPSA) is 64.9 Å². The van der Waals surface area contributed by atoms with Gasteiger partial charge >= 0.3 is 0 Å². The summed E-state index contributed by atoms with van der Waals surface area (Å²) < 4.78 is 0. The van der Waals surface area contributed by atoms with Crippen molar-refractivity contribution in [1.29, 1.82) is 0 Å². The number of allylic oxidation sites excluding steroid dienone is 1. The summed E-state index contributed by atoms with van der Waals surface area (Å²) in [5.74, 6) is 1.67. The van der Waals surface area contributed by atoms with Gasteiger partial charge in [0.1, 0.15) is 17.6 Å². The number of rotatable bonds is 4. The highest BCUT2D eigenvalue weighted by atomic mass is 16.3. The molecule has 5 nitrogen and oxygen atoms in total. The van der Waals surface area contributed by atoms with Crippen molar-refractivity contribution in [3.05, 3.63) is 77.2 Å². The van der Waals surface area contributed by atoms with E-state index in [2.05, 4.69) is 17.4 Å². The number of phenolic OH excluding ortho intramolecular Hbond substituents is 1. The first-order chi connectivity index (χ1) is 14.2. The summed E-state index contributed by atoms with van der Waals surface area (Å²) in [4.78, 5) is 20.2. The second-order valence-corrected chi connectivity index (χ2v) is 8.13. The van der Waals surface area contributed by atoms with E-state index in [1.165, 1.54) is 12.8 Å². The fourth-order valence-corrected chi connectivity index (χ4v) is 4.63. The molecule has 2 aliphatic heterocycles. The molecule has 2 heterocycles. The summed E-state index contributed by atoms with van der Waals surface area (Å²) in [5.41, 5.74) is 4.13. The molecule has 29 heavy (non-hydrogen) atoms. The van der Waals surface area contributed by atoms with Crippen LogP contribution in [0.1, 0.15) is 36.8 Å². The smallest absolute Gasteiger partial charge is 0.251 e. The molecule has 148 valence electrons. The van der Waals surface area contributed by atoms with Gasteiger partial charge in [-0.25, -0.2) is 0 Å². The lowest BCUT2D eigenvalue weighted by atomic mass is 10.0.